The summed E-state index contributed by atoms with van der Waals surface area (Å²) in [6, 6.07) is 13.3. The van der Waals surface area contributed by atoms with Crippen molar-refractivity contribution >= 4 is 48.2 Å². The van der Waals surface area contributed by atoms with Crippen LogP contribution in [0.4, 0.5) is 5.95 Å². The molecule has 2 aromatic carbocycles. The van der Waals surface area contributed by atoms with Crippen LogP contribution in [-0.4, -0.2) is 55.7 Å². The molecule has 30 heavy (non-hydrogen) atoms. The van der Waals surface area contributed by atoms with E-state index in [4.69, 9.17) is 27.3 Å². The van der Waals surface area contributed by atoms with Crippen molar-refractivity contribution in [1.29, 1.82) is 0 Å². The third-order valence-electron chi connectivity index (χ3n) is 4.88. The molecule has 0 bridgehead atoms. The third-order valence-corrected chi connectivity index (χ3v) is 7.75. The summed E-state index contributed by atoms with van der Waals surface area (Å²) < 4.78 is 1.81. The van der Waals surface area contributed by atoms with E-state index in [1.165, 1.54) is 0 Å². The minimum atomic E-state index is -0.911. The van der Waals surface area contributed by atoms with Gasteiger partial charge in [-0.05, 0) is 0 Å². The van der Waals surface area contributed by atoms with E-state index in [0.717, 1.165) is 39.6 Å². The Morgan fingerprint density at radius 1 is 1.23 bits per heavy atom. The Bertz CT molecular complexity index is 1090. The van der Waals surface area contributed by atoms with Crippen LogP contribution in [0, 0.1) is 6.92 Å². The molecule has 9 heteroatoms. The Kier molecular flexibility index (Phi) is 6.32. The molecule has 2 atom stereocenters. The number of carbonyl (C=O) groups is 1. The second-order valence-corrected chi connectivity index (χ2v) is 10.2. The summed E-state index contributed by atoms with van der Waals surface area (Å²) >= 11 is 5.27. The Morgan fingerprint density at radius 3 is 2.83 bits per heavy atom. The molecule has 0 radical (unpaired) electrons. The van der Waals surface area contributed by atoms with Crippen molar-refractivity contribution in [3.05, 3.63) is 58.6 Å². The number of hydrogen-bond acceptors (Lipinski definition) is 6. The molecule has 1 aromatic heterocycles. The SMILES string of the molecule is Cc1ccc(C(N)=O)cc1[AsH]c1nc(NC2CCNC2)nc(-c2cccc(Cl)c2)n1. The number of carbonyl (C=O) groups excluding carboxylic acids is 1. The zero-order chi connectivity index (χ0) is 21.1. The van der Waals surface area contributed by atoms with E-state index in [-0.39, 0.29) is 6.04 Å². The molecule has 1 aliphatic rings. The van der Waals surface area contributed by atoms with Crippen LogP contribution in [0.5, 0.6) is 0 Å². The molecule has 0 saturated carbocycles. The number of aromatic nitrogens is 3. The van der Waals surface area contributed by atoms with Gasteiger partial charge in [-0.1, -0.05) is 0 Å². The Labute approximate surface area is 186 Å². The number of amides is 1. The first-order valence-corrected chi connectivity index (χ1v) is 12.1. The first-order chi connectivity index (χ1) is 14.5. The summed E-state index contributed by atoms with van der Waals surface area (Å²) in [6.07, 6.45) is 1.02. The van der Waals surface area contributed by atoms with Gasteiger partial charge in [0.15, 0.2) is 0 Å². The Balaban J connectivity index is 1.72. The molecule has 4 N–H and O–H groups in total. The maximum atomic E-state index is 11.6. The van der Waals surface area contributed by atoms with E-state index in [2.05, 4.69) is 15.6 Å². The number of hydrogen-bond donors (Lipinski definition) is 3. The second kappa shape index (κ2) is 9.12. The molecule has 2 unspecified atom stereocenters. The van der Waals surface area contributed by atoms with Gasteiger partial charge in [-0.2, -0.15) is 0 Å². The molecule has 3 aromatic rings. The molecular formula is C21H22AsClN6O. The van der Waals surface area contributed by atoms with Gasteiger partial charge in [0.25, 0.3) is 0 Å². The zero-order valence-corrected chi connectivity index (χ0v) is 19.3. The molecule has 0 spiro atoms. The molecular weight excluding hydrogens is 463 g/mol. The van der Waals surface area contributed by atoms with Gasteiger partial charge in [0, 0.05) is 0 Å². The molecule has 7 nitrogen and oxygen atoms in total. The van der Waals surface area contributed by atoms with Gasteiger partial charge in [-0.15, -0.1) is 0 Å². The predicted octanol–water partition coefficient (Wildman–Crippen LogP) is 0.760. The molecule has 1 aliphatic heterocycles. The first-order valence-electron chi connectivity index (χ1n) is 9.65. The van der Waals surface area contributed by atoms with Crippen LogP contribution in [0.2, 0.25) is 5.02 Å². The summed E-state index contributed by atoms with van der Waals surface area (Å²) in [5.41, 5.74) is 7.90. The van der Waals surface area contributed by atoms with Crippen molar-refractivity contribution < 1.29 is 4.79 Å². The molecule has 1 saturated heterocycles. The van der Waals surface area contributed by atoms with Gasteiger partial charge in [-0.3, -0.25) is 0 Å². The summed E-state index contributed by atoms with van der Waals surface area (Å²) in [5.74, 6) is 0.716. The molecule has 1 amide bonds. The van der Waals surface area contributed by atoms with Gasteiger partial charge in [0.05, 0.1) is 0 Å². The summed E-state index contributed by atoms with van der Waals surface area (Å²) in [5, 5.41) is 7.39. The van der Waals surface area contributed by atoms with Crippen molar-refractivity contribution in [2.45, 2.75) is 19.4 Å². The summed E-state index contributed by atoms with van der Waals surface area (Å²) in [7, 11) is 0. The summed E-state index contributed by atoms with van der Waals surface area (Å²) in [4.78, 5) is 25.7. The molecule has 0 aliphatic carbocycles. The number of aryl methyl sites for hydroxylation is 1. The van der Waals surface area contributed by atoms with Gasteiger partial charge >= 0.3 is 187 Å². The van der Waals surface area contributed by atoms with E-state index in [1.54, 1.807) is 6.07 Å². The van der Waals surface area contributed by atoms with Crippen LogP contribution >= 0.6 is 11.6 Å². The Morgan fingerprint density at radius 2 is 2.10 bits per heavy atom. The van der Waals surface area contributed by atoms with Crippen LogP contribution in [0.1, 0.15) is 22.3 Å². The van der Waals surface area contributed by atoms with E-state index < -0.39 is 21.7 Å². The molecule has 2 heterocycles. The number of nitrogens with zero attached hydrogens (tertiary/aromatic N) is 3. The minimum absolute atomic E-state index is 0.285. The fourth-order valence-electron chi connectivity index (χ4n) is 3.24. The number of primary amides is 1. The van der Waals surface area contributed by atoms with Crippen molar-refractivity contribution in [1.82, 2.24) is 20.3 Å². The van der Waals surface area contributed by atoms with Crippen molar-refractivity contribution in [3.8, 4) is 11.4 Å². The number of nitrogens with two attached hydrogens (primary N) is 1. The van der Waals surface area contributed by atoms with Gasteiger partial charge in [0.2, 0.25) is 0 Å². The van der Waals surface area contributed by atoms with Crippen LogP contribution < -0.4 is 25.3 Å². The fourth-order valence-corrected chi connectivity index (χ4v) is 5.68. The van der Waals surface area contributed by atoms with Crippen molar-refractivity contribution in [3.63, 3.8) is 0 Å². The number of anilines is 1. The van der Waals surface area contributed by atoms with Gasteiger partial charge < -0.3 is 0 Å². The van der Waals surface area contributed by atoms with E-state index in [0.29, 0.717) is 22.4 Å². The summed E-state index contributed by atoms with van der Waals surface area (Å²) in [6.45, 7) is 3.87. The second-order valence-electron chi connectivity index (χ2n) is 7.17. The van der Waals surface area contributed by atoms with E-state index in [1.807, 2.05) is 43.3 Å². The van der Waals surface area contributed by atoms with Crippen LogP contribution in [0.15, 0.2) is 42.5 Å². The molecule has 4 rings (SSSR count). The first kappa shape index (κ1) is 20.8. The number of rotatable bonds is 6. The van der Waals surface area contributed by atoms with Crippen LogP contribution in [0.3, 0.4) is 0 Å². The van der Waals surface area contributed by atoms with Crippen molar-refractivity contribution in [2.75, 3.05) is 18.4 Å². The third kappa shape index (κ3) is 4.98. The average Bonchev–Trinajstić information content (AvgIpc) is 3.22. The van der Waals surface area contributed by atoms with Crippen molar-refractivity contribution in [2.24, 2.45) is 5.73 Å². The maximum absolute atomic E-state index is 11.6. The fraction of sp³-hybridized carbons (Fsp3) is 0.238. The standard InChI is InChI=1S/C21H22AsClN6O/c1-12-5-6-13(18(24)30)10-17(12)22-20-27-19(14-3-2-4-15(23)9-14)28-21(29-20)26-16-7-8-25-11-16/h2-6,9-10,16,22,25H,7-8,11H2,1H3,(H2,24,30)(H,26,27,28,29). The number of nitrogens with one attached hydrogen (secondary N) is 2. The predicted molar refractivity (Wildman–Crippen MR) is 121 cm³/mol. The number of benzene rings is 2. The zero-order valence-electron chi connectivity index (χ0n) is 16.4. The Hall–Kier alpha value is -2.47. The topological polar surface area (TPSA) is 106 Å². The van der Waals surface area contributed by atoms with E-state index >= 15 is 0 Å². The normalized spacial score (nSPS) is 16.3. The molecule has 154 valence electrons. The van der Waals surface area contributed by atoms with E-state index in [9.17, 15) is 4.79 Å². The monoisotopic (exact) mass is 484 g/mol. The number of halogens is 1. The van der Waals surface area contributed by atoms with Crippen LogP contribution in [-0.2, 0) is 0 Å². The average molecular weight is 485 g/mol. The van der Waals surface area contributed by atoms with Crippen LogP contribution in [0.25, 0.3) is 11.4 Å². The molecule has 1 fully saturated rings. The van der Waals surface area contributed by atoms with Gasteiger partial charge in [-0.25, -0.2) is 0 Å². The van der Waals surface area contributed by atoms with Gasteiger partial charge in [0.1, 0.15) is 0 Å². The quantitative estimate of drug-likeness (QED) is 0.446.